The Labute approximate surface area is 184 Å². The number of methoxy groups -OCH3 is 2. The summed E-state index contributed by atoms with van der Waals surface area (Å²) in [5.41, 5.74) is 3.63. The highest BCUT2D eigenvalue weighted by molar-refractivity contribution is 8.01. The van der Waals surface area contributed by atoms with Gasteiger partial charge in [-0.3, -0.25) is 9.59 Å². The highest BCUT2D eigenvalue weighted by Gasteiger charge is 2.35. The molecule has 160 valence electrons. The number of carbonyl (C=O) groups is 2. The maximum absolute atomic E-state index is 12.9. The molecular formula is C24H24N2O4S. The molecule has 2 unspecified atom stereocenters. The van der Waals surface area contributed by atoms with Crippen LogP contribution in [0.15, 0.2) is 60.9 Å². The van der Waals surface area contributed by atoms with Crippen LogP contribution in [0.2, 0.25) is 0 Å². The largest absolute Gasteiger partial charge is 0.468 e. The second-order valence-corrected chi connectivity index (χ2v) is 8.58. The second-order valence-electron chi connectivity index (χ2n) is 7.37. The molecule has 0 bridgehead atoms. The number of nitrogens with zero attached hydrogens (tertiary/aromatic N) is 2. The van der Waals surface area contributed by atoms with E-state index in [2.05, 4.69) is 0 Å². The number of benzene rings is 2. The average Bonchev–Trinajstić information content (AvgIpc) is 3.31. The highest BCUT2D eigenvalue weighted by Crippen LogP contribution is 2.46. The van der Waals surface area contributed by atoms with Crippen LogP contribution >= 0.6 is 11.8 Å². The number of aromatic nitrogens is 2. The molecule has 0 fully saturated rings. The van der Waals surface area contributed by atoms with Crippen LogP contribution in [0.1, 0.15) is 21.6 Å². The second kappa shape index (κ2) is 8.51. The predicted molar refractivity (Wildman–Crippen MR) is 123 cm³/mol. The Morgan fingerprint density at radius 3 is 1.52 bits per heavy atom. The minimum absolute atomic E-state index is 0.407. The number of fused-ring (bicyclic) bond motifs is 2. The first-order valence-electron chi connectivity index (χ1n) is 9.85. The molecule has 31 heavy (non-hydrogen) atoms. The zero-order valence-corrected chi connectivity index (χ0v) is 18.7. The van der Waals surface area contributed by atoms with Crippen molar-refractivity contribution in [2.24, 2.45) is 14.1 Å². The zero-order chi connectivity index (χ0) is 22.1. The third kappa shape index (κ3) is 3.70. The lowest BCUT2D eigenvalue weighted by atomic mass is 10.1. The van der Waals surface area contributed by atoms with Gasteiger partial charge in [0.25, 0.3) is 0 Å². The molecule has 6 nitrogen and oxygen atoms in total. The molecule has 0 saturated carbocycles. The smallest absolute Gasteiger partial charge is 0.323 e. The van der Waals surface area contributed by atoms with Gasteiger partial charge in [-0.25, -0.2) is 0 Å². The minimum Gasteiger partial charge on any atom is -0.468 e. The van der Waals surface area contributed by atoms with Gasteiger partial charge in [0.15, 0.2) is 0 Å². The number of aryl methyl sites for hydroxylation is 2. The predicted octanol–water partition coefficient (Wildman–Crippen LogP) is 4.53. The quantitative estimate of drug-likeness (QED) is 0.416. The molecule has 0 aliphatic rings. The van der Waals surface area contributed by atoms with Crippen molar-refractivity contribution >= 4 is 45.5 Å². The van der Waals surface area contributed by atoms with Gasteiger partial charge in [-0.1, -0.05) is 36.4 Å². The number of rotatable bonds is 6. The van der Waals surface area contributed by atoms with Crippen molar-refractivity contribution in [2.75, 3.05) is 14.2 Å². The lowest BCUT2D eigenvalue weighted by molar-refractivity contribution is -0.140. The summed E-state index contributed by atoms with van der Waals surface area (Å²) in [4.78, 5) is 25.8. The fraction of sp³-hybridized carbons (Fsp3) is 0.250. The molecule has 2 aromatic carbocycles. The first-order valence-corrected chi connectivity index (χ1v) is 10.8. The molecule has 2 atom stereocenters. The van der Waals surface area contributed by atoms with E-state index in [1.165, 1.54) is 26.0 Å². The van der Waals surface area contributed by atoms with E-state index in [4.69, 9.17) is 9.47 Å². The third-order valence-corrected chi connectivity index (χ3v) is 6.96. The van der Waals surface area contributed by atoms with Gasteiger partial charge in [-0.05, 0) is 12.1 Å². The number of hydrogen-bond donors (Lipinski definition) is 0. The molecule has 0 saturated heterocycles. The first kappa shape index (κ1) is 21.1. The summed E-state index contributed by atoms with van der Waals surface area (Å²) >= 11 is 1.24. The van der Waals surface area contributed by atoms with Gasteiger partial charge >= 0.3 is 11.9 Å². The number of carbonyl (C=O) groups excluding carboxylic acids is 2. The van der Waals surface area contributed by atoms with Crippen molar-refractivity contribution in [1.82, 2.24) is 9.13 Å². The van der Waals surface area contributed by atoms with E-state index >= 15 is 0 Å². The third-order valence-electron chi connectivity index (χ3n) is 5.52. The topological polar surface area (TPSA) is 62.5 Å². The van der Waals surface area contributed by atoms with E-state index in [9.17, 15) is 9.59 Å². The number of hydrogen-bond acceptors (Lipinski definition) is 5. The van der Waals surface area contributed by atoms with Crippen molar-refractivity contribution in [3.63, 3.8) is 0 Å². The molecule has 0 spiro atoms. The lowest BCUT2D eigenvalue weighted by Crippen LogP contribution is -2.18. The normalized spacial score (nSPS) is 13.3. The Morgan fingerprint density at radius 2 is 1.13 bits per heavy atom. The van der Waals surface area contributed by atoms with E-state index in [-0.39, 0.29) is 0 Å². The Balaban J connectivity index is 1.84. The molecule has 2 heterocycles. The Morgan fingerprint density at radius 1 is 0.742 bits per heavy atom. The number of esters is 2. The Kier molecular flexibility index (Phi) is 5.78. The summed E-state index contributed by atoms with van der Waals surface area (Å²) in [5, 5.41) is 0.516. The maximum Gasteiger partial charge on any atom is 0.323 e. The molecular weight excluding hydrogens is 412 g/mol. The number of ether oxygens (including phenoxy) is 2. The van der Waals surface area contributed by atoms with Gasteiger partial charge in [0.05, 0.1) is 14.2 Å². The van der Waals surface area contributed by atoms with Crippen molar-refractivity contribution < 1.29 is 19.1 Å². The van der Waals surface area contributed by atoms with Crippen molar-refractivity contribution in [3.8, 4) is 0 Å². The van der Waals surface area contributed by atoms with Gasteiger partial charge in [0.2, 0.25) is 0 Å². The summed E-state index contributed by atoms with van der Waals surface area (Å²) in [6, 6.07) is 15.7. The van der Waals surface area contributed by atoms with E-state index in [0.29, 0.717) is 0 Å². The van der Waals surface area contributed by atoms with E-state index < -0.39 is 22.4 Å². The van der Waals surface area contributed by atoms with Crippen LogP contribution in [0.4, 0.5) is 0 Å². The van der Waals surface area contributed by atoms with Crippen LogP contribution < -0.4 is 0 Å². The molecule has 0 amide bonds. The number of para-hydroxylation sites is 2. The van der Waals surface area contributed by atoms with E-state index in [1.54, 1.807) is 0 Å². The summed E-state index contributed by atoms with van der Waals surface area (Å²) < 4.78 is 14.2. The zero-order valence-electron chi connectivity index (χ0n) is 17.9. The van der Waals surface area contributed by atoms with Crippen molar-refractivity contribution in [3.05, 3.63) is 72.1 Å². The van der Waals surface area contributed by atoms with Crippen molar-refractivity contribution in [2.45, 2.75) is 10.5 Å². The van der Waals surface area contributed by atoms with Gasteiger partial charge in [-0.2, -0.15) is 0 Å². The van der Waals surface area contributed by atoms with Crippen LogP contribution in [0.25, 0.3) is 21.8 Å². The number of thioether (sulfide) groups is 1. The van der Waals surface area contributed by atoms with Crippen molar-refractivity contribution in [1.29, 1.82) is 0 Å². The molecule has 0 N–H and O–H groups in total. The van der Waals surface area contributed by atoms with E-state index in [0.717, 1.165) is 32.9 Å². The highest BCUT2D eigenvalue weighted by atomic mass is 32.2. The Bertz CT molecular complexity index is 1180. The summed E-state index contributed by atoms with van der Waals surface area (Å²) in [6.45, 7) is 0. The summed E-state index contributed by atoms with van der Waals surface area (Å²) in [6.07, 6.45) is 3.85. The molecule has 4 rings (SSSR count). The lowest BCUT2D eigenvalue weighted by Gasteiger charge is -2.20. The molecule has 0 aliphatic heterocycles. The molecule has 7 heteroatoms. The van der Waals surface area contributed by atoms with Crippen LogP contribution in [-0.2, 0) is 33.2 Å². The molecule has 0 aliphatic carbocycles. The minimum atomic E-state index is -0.695. The summed E-state index contributed by atoms with van der Waals surface area (Å²) in [7, 11) is 6.61. The van der Waals surface area contributed by atoms with Crippen LogP contribution in [0.3, 0.4) is 0 Å². The van der Waals surface area contributed by atoms with Gasteiger partial charge < -0.3 is 18.6 Å². The maximum atomic E-state index is 12.9. The fourth-order valence-corrected chi connectivity index (χ4v) is 5.38. The van der Waals surface area contributed by atoms with E-state index in [1.807, 2.05) is 84.2 Å². The standard InChI is InChI=1S/C24H24N2O4S/c1-25-13-17(15-9-5-7-11-19(15)25)21(23(27)29-3)31-22(24(28)30-4)18-14-26(2)20-12-8-6-10-16(18)20/h5-14,21-22H,1-4H3. The summed E-state index contributed by atoms with van der Waals surface area (Å²) in [5.74, 6) is -0.814. The van der Waals surface area contributed by atoms with Crippen LogP contribution in [-0.4, -0.2) is 35.3 Å². The average molecular weight is 437 g/mol. The van der Waals surface area contributed by atoms with Crippen LogP contribution in [0, 0.1) is 0 Å². The molecule has 4 aromatic rings. The molecule has 0 radical (unpaired) electrons. The monoisotopic (exact) mass is 436 g/mol. The SMILES string of the molecule is COC(=O)C(SC(C(=O)OC)c1cn(C)c2ccccc12)c1cn(C)c2ccccc12. The Hall–Kier alpha value is -3.19. The molecule has 2 aromatic heterocycles. The van der Waals surface area contributed by atoms with Crippen LogP contribution in [0.5, 0.6) is 0 Å². The van der Waals surface area contributed by atoms with Gasteiger partial charge in [0.1, 0.15) is 10.5 Å². The van der Waals surface area contributed by atoms with Gasteiger partial charge in [-0.15, -0.1) is 11.8 Å². The van der Waals surface area contributed by atoms with Gasteiger partial charge in [0, 0.05) is 59.4 Å². The fourth-order valence-electron chi connectivity index (χ4n) is 4.03. The first-order chi connectivity index (χ1) is 15.0.